The molecule has 0 radical (unpaired) electrons. The Morgan fingerprint density at radius 2 is 2.00 bits per heavy atom. The van der Waals surface area contributed by atoms with E-state index in [1.807, 2.05) is 30.3 Å². The summed E-state index contributed by atoms with van der Waals surface area (Å²) in [6.45, 7) is 3.68. The van der Waals surface area contributed by atoms with Gasteiger partial charge in [-0.3, -0.25) is 0 Å². The lowest BCUT2D eigenvalue weighted by Gasteiger charge is -1.94. The van der Waals surface area contributed by atoms with Crippen LogP contribution in [0.15, 0.2) is 36.9 Å². The molecule has 3 nitrogen and oxygen atoms in total. The van der Waals surface area contributed by atoms with Gasteiger partial charge in [0.15, 0.2) is 11.4 Å². The van der Waals surface area contributed by atoms with Crippen LogP contribution in [0, 0.1) is 5.41 Å². The van der Waals surface area contributed by atoms with E-state index < -0.39 is 7.23 Å². The molecule has 6 heteroatoms. The number of nitrogens with one attached hydrogen (secondary N) is 1. The van der Waals surface area contributed by atoms with Crippen molar-refractivity contribution in [1.29, 1.82) is 5.41 Å². The van der Waals surface area contributed by atoms with Gasteiger partial charge in [0.1, 0.15) is 0 Å². The van der Waals surface area contributed by atoms with E-state index in [2.05, 4.69) is 18.8 Å². The molecule has 1 atom stereocenters. The molecule has 1 aromatic carbocycles. The highest BCUT2D eigenvalue weighted by atomic mass is 32.7. The summed E-state index contributed by atoms with van der Waals surface area (Å²) in [6, 6.07) is 9.33. The van der Waals surface area contributed by atoms with Gasteiger partial charge in [0.05, 0.1) is 10.1 Å². The van der Waals surface area contributed by atoms with Gasteiger partial charge in [-0.2, -0.15) is 4.89 Å². The Morgan fingerprint density at radius 3 is 2.40 bits per heavy atom. The predicted octanol–water partition coefficient (Wildman–Crippen LogP) is 3.71. The van der Waals surface area contributed by atoms with Gasteiger partial charge in [-0.05, 0) is 22.3 Å². The van der Waals surface area contributed by atoms with E-state index in [9.17, 15) is 4.57 Å². The number of hydrogen-bond acceptors (Lipinski definition) is 4. The maximum absolute atomic E-state index is 10.4. The zero-order chi connectivity index (χ0) is 11.7. The third kappa shape index (κ3) is 7.14. The monoisotopic (exact) mass is 258 g/mol. The number of hydrogen-bond donors (Lipinski definition) is 2. The van der Waals surface area contributed by atoms with Gasteiger partial charge in [-0.25, -0.2) is 5.41 Å². The molecule has 0 aromatic heterocycles. The molecule has 0 spiro atoms. The van der Waals surface area contributed by atoms with Crippen molar-refractivity contribution in [2.45, 2.75) is 0 Å². The minimum absolute atomic E-state index is 0.624. The van der Waals surface area contributed by atoms with Gasteiger partial charge in [0, 0.05) is 0 Å². The minimum atomic E-state index is -2.20. The van der Waals surface area contributed by atoms with Gasteiger partial charge in [-0.1, -0.05) is 36.9 Å². The highest BCUT2D eigenvalue weighted by molar-refractivity contribution is 8.54. The second-order valence-electron chi connectivity index (χ2n) is 2.22. The van der Waals surface area contributed by atoms with E-state index in [1.54, 1.807) is 5.16 Å². The van der Waals surface area contributed by atoms with Gasteiger partial charge < -0.3 is 0 Å². The standard InChI is InChI=1S/C8H7O2PS.CHNS/c1-7(12-11(9)10)8-5-3-2-4-6-8;2-1-3/h2-6H,1H2;2H/p+1. The SMILES string of the molecule is C=C(S[P+](=O)O)c1ccccc1.N=C=S. The first-order valence-corrected chi connectivity index (χ1v) is 6.78. The third-order valence-corrected chi connectivity index (χ3v) is 3.03. The van der Waals surface area contributed by atoms with Crippen molar-refractivity contribution >= 4 is 40.9 Å². The fourth-order valence-corrected chi connectivity index (χ4v) is 2.08. The molecule has 0 bridgehead atoms. The maximum atomic E-state index is 10.4. The van der Waals surface area contributed by atoms with E-state index in [4.69, 9.17) is 10.3 Å². The Bertz CT molecular complexity index is 375. The molecule has 2 N–H and O–H groups in total. The summed E-state index contributed by atoms with van der Waals surface area (Å²) in [5.74, 6) is 0. The van der Waals surface area contributed by atoms with Crippen LogP contribution in [-0.4, -0.2) is 10.1 Å². The van der Waals surface area contributed by atoms with Crippen LogP contribution >= 0.6 is 30.8 Å². The van der Waals surface area contributed by atoms with Crippen molar-refractivity contribution < 1.29 is 9.46 Å². The Morgan fingerprint density at radius 1 is 1.53 bits per heavy atom. The fourth-order valence-electron chi connectivity index (χ4n) is 0.771. The quantitative estimate of drug-likeness (QED) is 0.493. The molecule has 1 aromatic rings. The van der Waals surface area contributed by atoms with Crippen molar-refractivity contribution in [3.8, 4) is 0 Å². The molecule has 0 amide bonds. The first-order chi connectivity index (χ1) is 7.11. The summed E-state index contributed by atoms with van der Waals surface area (Å²) in [7, 11) is -2.20. The molecular weight excluding hydrogens is 249 g/mol. The molecule has 0 saturated heterocycles. The summed E-state index contributed by atoms with van der Waals surface area (Å²) in [5.41, 5.74) is 0.889. The number of thiocarbonyl (C=S) groups is 1. The molecule has 0 aliphatic rings. The van der Waals surface area contributed by atoms with Crippen molar-refractivity contribution in [3.63, 3.8) is 0 Å². The predicted molar refractivity (Wildman–Crippen MR) is 68.2 cm³/mol. The molecule has 1 rings (SSSR count). The molecule has 0 heterocycles. The first kappa shape index (κ1) is 14.2. The fraction of sp³-hybridized carbons (Fsp3) is 0. The van der Waals surface area contributed by atoms with E-state index in [-0.39, 0.29) is 0 Å². The Kier molecular flexibility index (Phi) is 8.01. The summed E-state index contributed by atoms with van der Waals surface area (Å²) >= 11 is 4.69. The van der Waals surface area contributed by atoms with Crippen LogP contribution < -0.4 is 0 Å². The number of benzene rings is 1. The van der Waals surface area contributed by atoms with E-state index >= 15 is 0 Å². The zero-order valence-electron chi connectivity index (χ0n) is 7.71. The average Bonchev–Trinajstić information content (AvgIpc) is 2.19. The van der Waals surface area contributed by atoms with Crippen LogP contribution in [-0.2, 0) is 4.57 Å². The van der Waals surface area contributed by atoms with Crippen molar-refractivity contribution in [3.05, 3.63) is 42.5 Å². The lowest BCUT2D eigenvalue weighted by Crippen LogP contribution is -1.73. The van der Waals surface area contributed by atoms with Crippen molar-refractivity contribution in [2.75, 3.05) is 0 Å². The third-order valence-electron chi connectivity index (χ3n) is 1.28. The molecular formula is C9H9NO2PS2+. The summed E-state index contributed by atoms with van der Waals surface area (Å²) in [5, 5.41) is 7.36. The van der Waals surface area contributed by atoms with Gasteiger partial charge in [-0.15, -0.1) is 0 Å². The Balaban J connectivity index is 0.000000583. The molecule has 1 unspecified atom stereocenters. The largest absolute Gasteiger partial charge is 0.588 e. The molecule has 0 fully saturated rings. The van der Waals surface area contributed by atoms with Crippen molar-refractivity contribution in [2.24, 2.45) is 0 Å². The van der Waals surface area contributed by atoms with Crippen LogP contribution in [0.1, 0.15) is 5.56 Å². The normalized spacial score (nSPS) is 9.27. The smallest absolute Gasteiger partial charge is 0.248 e. The molecule has 15 heavy (non-hydrogen) atoms. The van der Waals surface area contributed by atoms with Crippen LogP contribution in [0.3, 0.4) is 0 Å². The summed E-state index contributed by atoms with van der Waals surface area (Å²) < 4.78 is 10.4. The van der Waals surface area contributed by atoms with Crippen LogP contribution in [0.4, 0.5) is 0 Å². The summed E-state index contributed by atoms with van der Waals surface area (Å²) in [4.78, 5) is 9.22. The molecule has 0 aliphatic carbocycles. The average molecular weight is 258 g/mol. The maximum Gasteiger partial charge on any atom is 0.588 e. The minimum Gasteiger partial charge on any atom is -0.248 e. The summed E-state index contributed by atoms with van der Waals surface area (Å²) in [6.07, 6.45) is 0. The van der Waals surface area contributed by atoms with Gasteiger partial charge >= 0.3 is 7.23 Å². The number of isothiocyanates is 1. The molecule has 0 saturated carbocycles. The van der Waals surface area contributed by atoms with E-state index in [0.717, 1.165) is 16.9 Å². The van der Waals surface area contributed by atoms with E-state index in [0.29, 0.717) is 4.91 Å². The van der Waals surface area contributed by atoms with E-state index in [1.165, 1.54) is 0 Å². The van der Waals surface area contributed by atoms with Gasteiger partial charge in [0.25, 0.3) is 0 Å². The second kappa shape index (κ2) is 8.48. The molecule has 0 aliphatic heterocycles. The molecule has 78 valence electrons. The van der Waals surface area contributed by atoms with Crippen LogP contribution in [0.2, 0.25) is 0 Å². The Labute approximate surface area is 98.3 Å². The Hall–Kier alpha value is -0.830. The zero-order valence-corrected chi connectivity index (χ0v) is 10.2. The van der Waals surface area contributed by atoms with Crippen molar-refractivity contribution in [1.82, 2.24) is 0 Å². The van der Waals surface area contributed by atoms with Crippen LogP contribution in [0.25, 0.3) is 4.91 Å². The lowest BCUT2D eigenvalue weighted by molar-refractivity contribution is 0.520. The van der Waals surface area contributed by atoms with Crippen LogP contribution in [0.5, 0.6) is 0 Å². The topological polar surface area (TPSA) is 61.1 Å². The number of rotatable bonds is 3. The first-order valence-electron chi connectivity index (χ1n) is 3.74. The lowest BCUT2D eigenvalue weighted by atomic mass is 10.2. The second-order valence-corrected chi connectivity index (χ2v) is 5.06. The van der Waals surface area contributed by atoms with Gasteiger partial charge in [0.2, 0.25) is 0 Å². The highest BCUT2D eigenvalue weighted by Gasteiger charge is 2.16. The highest BCUT2D eigenvalue weighted by Crippen LogP contribution is 2.43.